The van der Waals surface area contributed by atoms with E-state index < -0.39 is 12.4 Å². The standard InChI is InChI=1S/C50H71BF2N4O4/c1-32-29-33(2)56-39(32)30-36-12-11-35(57(36)51(56,52)53)13-16-43(59)54-25-27-55(28-26-54)44(60)50-23-21-45(4,5)31-38(50)37-14-15-41-47(8)19-18-42(61-34(3)58)46(6,7)40(47)17-20-49(41,10)48(37,9)22-24-50/h11-12,14,29-30,38,40-42H,13,15-28,31H2,1-10H3/t38-,40-,41+,42-,47-,48+,49+,50-/m0/s1. The van der Waals surface area contributed by atoms with Gasteiger partial charge in [-0.2, -0.15) is 0 Å². The van der Waals surface area contributed by atoms with Crippen molar-refractivity contribution in [3.8, 4) is 0 Å². The van der Waals surface area contributed by atoms with E-state index in [0.717, 1.165) is 78.7 Å². The molecule has 61 heavy (non-hydrogen) atoms. The lowest BCUT2D eigenvalue weighted by Crippen LogP contribution is -2.66. The van der Waals surface area contributed by atoms with Crippen LogP contribution < -0.4 is 0 Å². The predicted molar refractivity (Wildman–Crippen MR) is 237 cm³/mol. The number of carbonyl (C=O) groups is 3. The number of ether oxygens (including phenoxy) is 1. The minimum atomic E-state index is -4.07. The molecule has 8 nitrogen and oxygen atoms in total. The first-order valence-corrected chi connectivity index (χ1v) is 23.7. The molecular weight excluding hydrogens is 769 g/mol. The normalized spacial score (nSPS) is 37.9. The number of piperazine rings is 1. The van der Waals surface area contributed by atoms with Gasteiger partial charge in [-0.15, -0.1) is 0 Å². The molecule has 0 spiro atoms. The lowest BCUT2D eigenvalue weighted by Gasteiger charge is -2.71. The Bertz CT molecular complexity index is 2190. The van der Waals surface area contributed by atoms with E-state index in [1.54, 1.807) is 37.6 Å². The minimum Gasteiger partial charge on any atom is -0.462 e. The largest absolute Gasteiger partial charge is 0.737 e. The van der Waals surface area contributed by atoms with Gasteiger partial charge in [0, 0.05) is 75.3 Å². The van der Waals surface area contributed by atoms with Crippen LogP contribution in [-0.4, -0.2) is 81.5 Å². The number of aryl methyl sites for hydroxylation is 2. The fraction of sp³-hybridized carbons (Fsp3) is 0.720. The molecule has 1 saturated heterocycles. The Kier molecular flexibility index (Phi) is 9.82. The van der Waals surface area contributed by atoms with Crippen molar-refractivity contribution in [2.75, 3.05) is 26.2 Å². The van der Waals surface area contributed by atoms with E-state index in [-0.39, 0.29) is 69.7 Å². The lowest BCUT2D eigenvalue weighted by molar-refractivity contribution is -0.362. The van der Waals surface area contributed by atoms with E-state index in [2.05, 4.69) is 59.4 Å². The van der Waals surface area contributed by atoms with Crippen molar-refractivity contribution in [2.24, 2.45) is 50.2 Å². The number of esters is 1. The van der Waals surface area contributed by atoms with Gasteiger partial charge in [0.1, 0.15) is 11.8 Å². The van der Waals surface area contributed by atoms with Gasteiger partial charge in [-0.25, -0.2) is 0 Å². The summed E-state index contributed by atoms with van der Waals surface area (Å²) in [4.78, 5) is 45.0. The van der Waals surface area contributed by atoms with E-state index in [9.17, 15) is 9.59 Å². The molecule has 11 heteroatoms. The van der Waals surface area contributed by atoms with Gasteiger partial charge < -0.3 is 32.1 Å². The number of fused-ring (bicyclic) bond motifs is 9. The molecule has 0 N–H and O–H groups in total. The molecule has 1 aromatic rings. The average molecular weight is 841 g/mol. The van der Waals surface area contributed by atoms with Crippen LogP contribution in [0.4, 0.5) is 8.63 Å². The smallest absolute Gasteiger partial charge is 0.462 e. The molecule has 8 atom stereocenters. The molecule has 0 radical (unpaired) electrons. The summed E-state index contributed by atoms with van der Waals surface area (Å²) in [5, 5.41) is 0. The van der Waals surface area contributed by atoms with E-state index in [1.807, 2.05) is 17.9 Å². The summed E-state index contributed by atoms with van der Waals surface area (Å²) in [6.07, 6.45) is 18.4. The fourth-order valence-corrected chi connectivity index (χ4v) is 15.8. The number of rotatable bonds is 5. The molecule has 0 unspecified atom stereocenters. The van der Waals surface area contributed by atoms with Crippen molar-refractivity contribution in [2.45, 2.75) is 152 Å². The van der Waals surface area contributed by atoms with Crippen LogP contribution in [0, 0.1) is 64.1 Å². The van der Waals surface area contributed by atoms with E-state index in [4.69, 9.17) is 4.74 Å². The average Bonchev–Trinajstić information content (AvgIpc) is 3.74. The first kappa shape index (κ1) is 42.8. The highest BCUT2D eigenvalue weighted by Crippen LogP contribution is 2.76. The summed E-state index contributed by atoms with van der Waals surface area (Å²) in [6, 6.07) is 1.80. The molecule has 332 valence electrons. The molecule has 5 aliphatic carbocycles. The lowest BCUT2D eigenvalue weighted by atomic mass is 9.33. The second kappa shape index (κ2) is 14.0. The van der Waals surface area contributed by atoms with E-state index >= 15 is 13.4 Å². The van der Waals surface area contributed by atoms with Crippen molar-refractivity contribution in [3.05, 3.63) is 52.5 Å². The molecule has 4 saturated carbocycles. The number of hydrogen-bond donors (Lipinski definition) is 0. The summed E-state index contributed by atoms with van der Waals surface area (Å²) in [6.45, 7) is 20.2. The number of carbonyl (C=O) groups excluding carboxylic acids is 3. The Hall–Kier alpha value is -3.50. The Morgan fingerprint density at radius 2 is 1.56 bits per heavy atom. The molecule has 9 rings (SSSR count). The Morgan fingerprint density at radius 3 is 2.26 bits per heavy atom. The maximum absolute atomic E-state index is 16.0. The van der Waals surface area contributed by atoms with Gasteiger partial charge in [0.15, 0.2) is 5.70 Å². The first-order chi connectivity index (χ1) is 28.5. The van der Waals surface area contributed by atoms with Gasteiger partial charge in [-0.3, -0.25) is 14.4 Å². The maximum atomic E-state index is 16.0. The maximum Gasteiger partial charge on any atom is 0.737 e. The number of hydrogen-bond acceptors (Lipinski definition) is 4. The molecule has 2 amide bonds. The molecular formula is C50H71BF2N4O4. The highest BCUT2D eigenvalue weighted by Gasteiger charge is 2.69. The fourth-order valence-electron chi connectivity index (χ4n) is 15.8. The van der Waals surface area contributed by atoms with Gasteiger partial charge in [0.2, 0.25) is 11.8 Å². The highest BCUT2D eigenvalue weighted by molar-refractivity contribution is 6.58. The molecule has 0 bridgehead atoms. The number of nitrogens with zero attached hydrogens (tertiary/aromatic N) is 4. The van der Waals surface area contributed by atoms with Crippen LogP contribution in [0.25, 0.3) is 6.08 Å². The van der Waals surface area contributed by atoms with E-state index in [1.165, 1.54) is 0 Å². The summed E-state index contributed by atoms with van der Waals surface area (Å²) < 4.78 is 40.4. The van der Waals surface area contributed by atoms with Gasteiger partial charge in [0.25, 0.3) is 0 Å². The number of allylic oxidation sites excluding steroid dienone is 4. The van der Waals surface area contributed by atoms with Crippen molar-refractivity contribution >= 4 is 36.5 Å². The summed E-state index contributed by atoms with van der Waals surface area (Å²) in [5.41, 5.74) is 4.27. The Labute approximate surface area is 363 Å². The number of amides is 2. The summed E-state index contributed by atoms with van der Waals surface area (Å²) >= 11 is 0. The number of halogens is 2. The molecule has 3 aliphatic heterocycles. The molecule has 4 heterocycles. The first-order valence-electron chi connectivity index (χ1n) is 23.7. The summed E-state index contributed by atoms with van der Waals surface area (Å²) in [7, 11) is 0. The van der Waals surface area contributed by atoms with Crippen LogP contribution >= 0.6 is 0 Å². The topological polar surface area (TPSA) is 74.9 Å². The zero-order valence-corrected chi connectivity index (χ0v) is 38.8. The SMILES string of the molecule is CC(=O)O[C@H]1CC[C@]2(C)[C@H]3CC=C4[C@@H]5CC(C)(C)CC[C@]5(C(=O)N5CCN(C(=O)CCC6=[N+]7C(=Cc8c(C)cc(C)n8[B-]7(F)F)C=C6)CC5)CC[C@@]4(C)[C@]3(C)CC[C@H]2C1(C)C. The van der Waals surface area contributed by atoms with Gasteiger partial charge >= 0.3 is 12.9 Å². The monoisotopic (exact) mass is 841 g/mol. The van der Waals surface area contributed by atoms with Crippen molar-refractivity contribution in [3.63, 3.8) is 0 Å². The summed E-state index contributed by atoms with van der Waals surface area (Å²) in [5.74, 6) is 1.26. The third kappa shape index (κ3) is 6.13. The zero-order valence-electron chi connectivity index (χ0n) is 38.8. The van der Waals surface area contributed by atoms with Crippen LogP contribution in [0.2, 0.25) is 0 Å². The molecule has 5 fully saturated rings. The van der Waals surface area contributed by atoms with E-state index in [0.29, 0.717) is 60.8 Å². The van der Waals surface area contributed by atoms with Crippen LogP contribution in [0.1, 0.15) is 149 Å². The second-order valence-corrected chi connectivity index (χ2v) is 23.1. The highest BCUT2D eigenvalue weighted by atomic mass is 19.2. The Balaban J connectivity index is 0.907. The third-order valence-electron chi connectivity index (χ3n) is 19.2. The quantitative estimate of drug-likeness (QED) is 0.168. The van der Waals surface area contributed by atoms with Crippen LogP contribution in [0.3, 0.4) is 0 Å². The second-order valence-electron chi connectivity index (χ2n) is 23.1. The number of aromatic nitrogens is 1. The zero-order chi connectivity index (χ0) is 43.9. The van der Waals surface area contributed by atoms with Crippen molar-refractivity contribution < 1.29 is 32.2 Å². The van der Waals surface area contributed by atoms with Crippen molar-refractivity contribution in [1.29, 1.82) is 0 Å². The molecule has 0 aromatic carbocycles. The van der Waals surface area contributed by atoms with Gasteiger partial charge in [-0.05, 0) is 135 Å². The van der Waals surface area contributed by atoms with Crippen LogP contribution in [-0.2, 0) is 19.1 Å². The molecule has 8 aliphatic rings. The van der Waals surface area contributed by atoms with Crippen LogP contribution in [0.15, 0.2) is 35.6 Å². The Morgan fingerprint density at radius 1 is 0.869 bits per heavy atom. The van der Waals surface area contributed by atoms with Crippen LogP contribution in [0.5, 0.6) is 0 Å². The van der Waals surface area contributed by atoms with Gasteiger partial charge in [0.05, 0.1) is 5.41 Å². The molecule has 1 aromatic heterocycles. The third-order valence-corrected chi connectivity index (χ3v) is 19.2. The predicted octanol–water partition coefficient (Wildman–Crippen LogP) is 9.89. The van der Waals surface area contributed by atoms with Crippen molar-refractivity contribution in [1.82, 2.24) is 14.3 Å². The minimum absolute atomic E-state index is 0.00194. The van der Waals surface area contributed by atoms with Gasteiger partial charge in [-0.1, -0.05) is 60.1 Å².